The number of nitrogens with two attached hydrogens (primary N) is 1. The molecule has 1 aliphatic heterocycles. The number of hydrogen-bond donors (Lipinski definition) is 1. The van der Waals surface area contributed by atoms with Crippen molar-refractivity contribution in [2.75, 3.05) is 13.1 Å². The molecule has 1 aliphatic rings. The molecule has 1 amide bonds. The Balaban J connectivity index is 1.58. The second kappa shape index (κ2) is 7.03. The van der Waals surface area contributed by atoms with E-state index < -0.39 is 15.9 Å². The molecule has 1 saturated heterocycles. The maximum atomic E-state index is 13.0. The molecule has 0 spiro atoms. The molecule has 1 atom stereocenters. The highest BCUT2D eigenvalue weighted by molar-refractivity contribution is 7.89. The summed E-state index contributed by atoms with van der Waals surface area (Å²) in [6.45, 7) is 0.904. The van der Waals surface area contributed by atoms with E-state index in [1.54, 1.807) is 11.3 Å². The van der Waals surface area contributed by atoms with Gasteiger partial charge in [-0.25, -0.2) is 13.4 Å². The van der Waals surface area contributed by atoms with Crippen LogP contribution in [0.3, 0.4) is 0 Å². The minimum atomic E-state index is -3.62. The summed E-state index contributed by atoms with van der Waals surface area (Å²) >= 11 is 1.63. The molecule has 2 aromatic carbocycles. The Kier molecular flexibility index (Phi) is 4.71. The van der Waals surface area contributed by atoms with Crippen molar-refractivity contribution in [3.63, 3.8) is 0 Å². The number of primary amides is 1. The van der Waals surface area contributed by atoms with Gasteiger partial charge in [0.15, 0.2) is 0 Å². The average Bonchev–Trinajstić information content (AvgIpc) is 3.12. The van der Waals surface area contributed by atoms with E-state index in [4.69, 9.17) is 10.7 Å². The Labute approximate surface area is 161 Å². The van der Waals surface area contributed by atoms with Crippen molar-refractivity contribution in [1.82, 2.24) is 9.29 Å². The van der Waals surface area contributed by atoms with Crippen LogP contribution in [-0.4, -0.2) is 36.7 Å². The van der Waals surface area contributed by atoms with Gasteiger partial charge in [-0.15, -0.1) is 11.3 Å². The molecule has 0 unspecified atom stereocenters. The van der Waals surface area contributed by atoms with Gasteiger partial charge in [-0.05, 0) is 49.2 Å². The molecule has 0 radical (unpaired) electrons. The van der Waals surface area contributed by atoms with E-state index in [1.165, 1.54) is 28.6 Å². The van der Waals surface area contributed by atoms with Crippen LogP contribution in [0.1, 0.15) is 34.1 Å². The number of aromatic nitrogens is 1. The van der Waals surface area contributed by atoms with Gasteiger partial charge in [0.1, 0.15) is 0 Å². The number of rotatable bonds is 4. The monoisotopic (exact) mass is 401 g/mol. The fourth-order valence-electron chi connectivity index (χ4n) is 3.37. The first-order valence-corrected chi connectivity index (χ1v) is 11.0. The number of thiazole rings is 1. The summed E-state index contributed by atoms with van der Waals surface area (Å²) in [4.78, 5) is 16.1. The van der Waals surface area contributed by atoms with E-state index in [-0.39, 0.29) is 10.8 Å². The number of carbonyl (C=O) groups is 1. The maximum Gasteiger partial charge on any atom is 0.248 e. The summed E-state index contributed by atoms with van der Waals surface area (Å²) in [5.41, 5.74) is 6.48. The van der Waals surface area contributed by atoms with Gasteiger partial charge in [0.2, 0.25) is 15.9 Å². The van der Waals surface area contributed by atoms with Gasteiger partial charge in [-0.1, -0.05) is 12.1 Å². The quantitative estimate of drug-likeness (QED) is 0.727. The van der Waals surface area contributed by atoms with Crippen LogP contribution >= 0.6 is 11.3 Å². The molecule has 0 saturated carbocycles. The summed E-state index contributed by atoms with van der Waals surface area (Å²) in [7, 11) is -3.62. The first-order chi connectivity index (χ1) is 12.9. The highest BCUT2D eigenvalue weighted by atomic mass is 32.2. The highest BCUT2D eigenvalue weighted by Crippen LogP contribution is 2.34. The predicted octanol–water partition coefficient (Wildman–Crippen LogP) is 2.96. The molecule has 140 valence electrons. The third kappa shape index (κ3) is 3.47. The molecule has 2 heterocycles. The maximum absolute atomic E-state index is 13.0. The molecule has 27 heavy (non-hydrogen) atoms. The smallest absolute Gasteiger partial charge is 0.248 e. The van der Waals surface area contributed by atoms with Crippen molar-refractivity contribution in [1.29, 1.82) is 0 Å². The number of hydrogen-bond acceptors (Lipinski definition) is 5. The van der Waals surface area contributed by atoms with Crippen LogP contribution in [0, 0.1) is 0 Å². The minimum absolute atomic E-state index is 0.0933. The van der Waals surface area contributed by atoms with Crippen LogP contribution in [0.15, 0.2) is 53.4 Å². The first-order valence-electron chi connectivity index (χ1n) is 8.70. The summed E-state index contributed by atoms with van der Waals surface area (Å²) in [6, 6.07) is 13.7. The highest BCUT2D eigenvalue weighted by Gasteiger charge is 2.32. The fraction of sp³-hybridized carbons (Fsp3) is 0.263. The second-order valence-corrected chi connectivity index (χ2v) is 9.61. The first kappa shape index (κ1) is 18.1. The van der Waals surface area contributed by atoms with Crippen molar-refractivity contribution < 1.29 is 13.2 Å². The van der Waals surface area contributed by atoms with E-state index in [0.29, 0.717) is 18.7 Å². The number of carbonyl (C=O) groups excluding carboxylic acids is 1. The fourth-order valence-corrected chi connectivity index (χ4v) is 5.98. The molecule has 4 rings (SSSR count). The zero-order valence-electron chi connectivity index (χ0n) is 14.5. The standard InChI is InChI=1S/C19H19N3O3S2/c20-18(23)13-7-9-15(10-8-13)27(24,25)22-11-3-4-14(12-22)19-21-16-5-1-2-6-17(16)26-19/h1-2,5-10,14H,3-4,11-12H2,(H2,20,23)/t14-/m1/s1. The summed E-state index contributed by atoms with van der Waals surface area (Å²) < 4.78 is 28.7. The van der Waals surface area contributed by atoms with Gasteiger partial charge in [0.25, 0.3) is 0 Å². The number of para-hydroxylation sites is 1. The Morgan fingerprint density at radius 3 is 2.59 bits per heavy atom. The number of nitrogens with zero attached hydrogens (tertiary/aromatic N) is 2. The van der Waals surface area contributed by atoms with Crippen LogP contribution in [-0.2, 0) is 10.0 Å². The number of piperidine rings is 1. The molecular formula is C19H19N3O3S2. The topological polar surface area (TPSA) is 93.4 Å². The van der Waals surface area contributed by atoms with Crippen molar-refractivity contribution in [2.45, 2.75) is 23.7 Å². The number of amides is 1. The normalized spacial score (nSPS) is 18.6. The van der Waals surface area contributed by atoms with Gasteiger partial charge >= 0.3 is 0 Å². The number of fused-ring (bicyclic) bond motifs is 1. The SMILES string of the molecule is NC(=O)c1ccc(S(=O)(=O)N2CCC[C@@H](c3nc4ccccc4s3)C2)cc1. The van der Waals surface area contributed by atoms with Crippen molar-refractivity contribution in [2.24, 2.45) is 5.73 Å². The van der Waals surface area contributed by atoms with Crippen LogP contribution in [0.4, 0.5) is 0 Å². The van der Waals surface area contributed by atoms with Gasteiger partial charge in [-0.2, -0.15) is 4.31 Å². The molecule has 0 bridgehead atoms. The van der Waals surface area contributed by atoms with E-state index in [1.807, 2.05) is 24.3 Å². The molecule has 6 nitrogen and oxygen atoms in total. The van der Waals surface area contributed by atoms with E-state index in [2.05, 4.69) is 0 Å². The van der Waals surface area contributed by atoms with Gasteiger partial charge < -0.3 is 5.73 Å². The Morgan fingerprint density at radius 2 is 1.89 bits per heavy atom. The second-order valence-electron chi connectivity index (χ2n) is 6.61. The van der Waals surface area contributed by atoms with Gasteiger partial charge in [0, 0.05) is 24.6 Å². The average molecular weight is 402 g/mol. The lowest BCUT2D eigenvalue weighted by atomic mass is 10.0. The zero-order valence-corrected chi connectivity index (χ0v) is 16.2. The van der Waals surface area contributed by atoms with Gasteiger partial charge in [-0.3, -0.25) is 4.79 Å². The molecule has 0 aliphatic carbocycles. The number of sulfonamides is 1. The van der Waals surface area contributed by atoms with Crippen LogP contribution in [0.5, 0.6) is 0 Å². The van der Waals surface area contributed by atoms with Crippen LogP contribution < -0.4 is 5.73 Å². The zero-order chi connectivity index (χ0) is 19.0. The lowest BCUT2D eigenvalue weighted by molar-refractivity contribution is 0.1000. The van der Waals surface area contributed by atoms with Crippen molar-refractivity contribution in [3.8, 4) is 0 Å². The van der Waals surface area contributed by atoms with Gasteiger partial charge in [0.05, 0.1) is 20.1 Å². The van der Waals surface area contributed by atoms with Crippen LogP contribution in [0.25, 0.3) is 10.2 Å². The molecule has 8 heteroatoms. The molecular weight excluding hydrogens is 382 g/mol. The molecule has 2 N–H and O–H groups in total. The number of benzene rings is 2. The van der Waals surface area contributed by atoms with E-state index >= 15 is 0 Å². The van der Waals surface area contributed by atoms with E-state index in [0.717, 1.165) is 28.1 Å². The summed E-state index contributed by atoms with van der Waals surface area (Å²) in [6.07, 6.45) is 1.71. The van der Waals surface area contributed by atoms with Crippen molar-refractivity contribution in [3.05, 3.63) is 59.1 Å². The largest absolute Gasteiger partial charge is 0.366 e. The van der Waals surface area contributed by atoms with E-state index in [9.17, 15) is 13.2 Å². The van der Waals surface area contributed by atoms with Crippen LogP contribution in [0.2, 0.25) is 0 Å². The molecule has 3 aromatic rings. The third-order valence-corrected chi connectivity index (χ3v) is 7.90. The Hall–Kier alpha value is -2.29. The lowest BCUT2D eigenvalue weighted by Crippen LogP contribution is -2.39. The minimum Gasteiger partial charge on any atom is -0.366 e. The summed E-state index contributed by atoms with van der Waals surface area (Å²) in [5, 5.41) is 0.986. The third-order valence-electron chi connectivity index (χ3n) is 4.82. The Morgan fingerprint density at radius 1 is 1.15 bits per heavy atom. The lowest BCUT2D eigenvalue weighted by Gasteiger charge is -2.31. The molecule has 1 aromatic heterocycles. The Bertz CT molecular complexity index is 1060. The summed E-state index contributed by atoms with van der Waals surface area (Å²) in [5.74, 6) is -0.483. The predicted molar refractivity (Wildman–Crippen MR) is 105 cm³/mol. The van der Waals surface area contributed by atoms with Crippen molar-refractivity contribution >= 4 is 37.5 Å². The molecule has 1 fully saturated rings.